The molecule has 3 nitrogen and oxygen atoms in total. The summed E-state index contributed by atoms with van der Waals surface area (Å²) in [5.74, 6) is 0.822. The minimum absolute atomic E-state index is 0.678. The van der Waals surface area contributed by atoms with Crippen LogP contribution in [-0.4, -0.2) is 14.8 Å². The van der Waals surface area contributed by atoms with Crippen molar-refractivity contribution in [1.82, 2.24) is 14.8 Å². The Hall–Kier alpha value is -1.87. The molecule has 3 aromatic rings. The second-order valence-corrected chi connectivity index (χ2v) is 4.24. The molecule has 0 spiro atoms. The molecular formula is C13H10ClN3. The van der Waals surface area contributed by atoms with Crippen molar-refractivity contribution in [2.45, 2.75) is 6.92 Å². The fourth-order valence-electron chi connectivity index (χ4n) is 1.96. The molecule has 0 saturated heterocycles. The van der Waals surface area contributed by atoms with Crippen molar-refractivity contribution >= 4 is 22.4 Å². The summed E-state index contributed by atoms with van der Waals surface area (Å²) in [4.78, 5) is 4.13. The van der Waals surface area contributed by atoms with E-state index >= 15 is 0 Å². The minimum Gasteiger partial charge on any atom is -0.220 e. The maximum Gasteiger partial charge on any atom is 0.138 e. The normalized spacial score (nSPS) is 10.9. The van der Waals surface area contributed by atoms with Gasteiger partial charge in [0.15, 0.2) is 0 Å². The third kappa shape index (κ3) is 1.59. The lowest BCUT2D eigenvalue weighted by Crippen LogP contribution is -2.01. The van der Waals surface area contributed by atoms with Gasteiger partial charge in [0.25, 0.3) is 0 Å². The zero-order valence-electron chi connectivity index (χ0n) is 9.26. The first-order valence-corrected chi connectivity index (χ1v) is 5.69. The smallest absolute Gasteiger partial charge is 0.138 e. The van der Waals surface area contributed by atoms with Crippen LogP contribution in [0.15, 0.2) is 42.7 Å². The first-order valence-electron chi connectivity index (χ1n) is 5.31. The molecule has 0 aliphatic carbocycles. The highest BCUT2D eigenvalue weighted by Gasteiger charge is 2.10. The Morgan fingerprint density at radius 3 is 2.71 bits per heavy atom. The van der Waals surface area contributed by atoms with Gasteiger partial charge in [-0.1, -0.05) is 41.9 Å². The molecule has 0 fully saturated rings. The van der Waals surface area contributed by atoms with Crippen LogP contribution in [0.5, 0.6) is 0 Å². The molecule has 0 saturated carbocycles. The summed E-state index contributed by atoms with van der Waals surface area (Å²) in [6.45, 7) is 1.91. The number of aryl methyl sites for hydroxylation is 1. The van der Waals surface area contributed by atoms with Gasteiger partial charge in [-0.15, -0.1) is 0 Å². The molecule has 84 valence electrons. The average molecular weight is 244 g/mol. The number of benzene rings is 2. The van der Waals surface area contributed by atoms with E-state index in [9.17, 15) is 0 Å². The van der Waals surface area contributed by atoms with Crippen LogP contribution in [-0.2, 0) is 0 Å². The lowest BCUT2D eigenvalue weighted by Gasteiger charge is -2.09. The molecule has 0 aliphatic rings. The largest absolute Gasteiger partial charge is 0.220 e. The van der Waals surface area contributed by atoms with Crippen molar-refractivity contribution in [3.8, 4) is 5.69 Å². The summed E-state index contributed by atoms with van der Waals surface area (Å²) < 4.78 is 1.77. The molecule has 1 heterocycles. The van der Waals surface area contributed by atoms with Crippen LogP contribution in [0.3, 0.4) is 0 Å². The number of rotatable bonds is 1. The molecule has 17 heavy (non-hydrogen) atoms. The second-order valence-electron chi connectivity index (χ2n) is 3.84. The molecule has 0 N–H and O–H groups in total. The number of halogens is 1. The van der Waals surface area contributed by atoms with E-state index in [0.29, 0.717) is 5.02 Å². The molecule has 4 heteroatoms. The van der Waals surface area contributed by atoms with Crippen LogP contribution in [0, 0.1) is 6.92 Å². The zero-order valence-corrected chi connectivity index (χ0v) is 10.0. The Balaban J connectivity index is 2.42. The van der Waals surface area contributed by atoms with Crippen molar-refractivity contribution in [3.63, 3.8) is 0 Å². The van der Waals surface area contributed by atoms with Crippen LogP contribution in [0.25, 0.3) is 16.5 Å². The van der Waals surface area contributed by atoms with E-state index in [4.69, 9.17) is 11.6 Å². The van der Waals surface area contributed by atoms with E-state index in [-0.39, 0.29) is 0 Å². The first-order chi connectivity index (χ1) is 8.27. The molecule has 1 aromatic heterocycles. The predicted molar refractivity (Wildman–Crippen MR) is 68.6 cm³/mol. The van der Waals surface area contributed by atoms with E-state index in [1.165, 1.54) is 6.33 Å². The van der Waals surface area contributed by atoms with Crippen LogP contribution < -0.4 is 0 Å². The fraction of sp³-hybridized carbons (Fsp3) is 0.0769. The van der Waals surface area contributed by atoms with Gasteiger partial charge in [0.2, 0.25) is 0 Å². The highest BCUT2D eigenvalue weighted by Crippen LogP contribution is 2.29. The van der Waals surface area contributed by atoms with Crippen molar-refractivity contribution in [2.24, 2.45) is 0 Å². The van der Waals surface area contributed by atoms with Gasteiger partial charge in [0.1, 0.15) is 12.2 Å². The maximum absolute atomic E-state index is 6.28. The van der Waals surface area contributed by atoms with E-state index in [2.05, 4.69) is 16.1 Å². The van der Waals surface area contributed by atoms with Crippen molar-refractivity contribution in [3.05, 3.63) is 53.6 Å². The van der Waals surface area contributed by atoms with Crippen LogP contribution >= 0.6 is 11.6 Å². The monoisotopic (exact) mass is 243 g/mol. The third-order valence-electron chi connectivity index (χ3n) is 2.78. The van der Waals surface area contributed by atoms with E-state index in [1.54, 1.807) is 4.68 Å². The van der Waals surface area contributed by atoms with Gasteiger partial charge in [-0.3, -0.25) is 0 Å². The van der Waals surface area contributed by atoms with Gasteiger partial charge in [-0.05, 0) is 18.4 Å². The number of hydrogen-bond acceptors (Lipinski definition) is 2. The van der Waals surface area contributed by atoms with Crippen LogP contribution in [0.4, 0.5) is 0 Å². The maximum atomic E-state index is 6.28. The van der Waals surface area contributed by atoms with Crippen LogP contribution in [0.2, 0.25) is 5.02 Å². The lowest BCUT2D eigenvalue weighted by atomic mass is 10.1. The summed E-state index contributed by atoms with van der Waals surface area (Å²) in [5.41, 5.74) is 0.889. The predicted octanol–water partition coefficient (Wildman–Crippen LogP) is 3.38. The number of aromatic nitrogens is 3. The molecule has 2 aromatic carbocycles. The molecule has 3 rings (SSSR count). The topological polar surface area (TPSA) is 30.7 Å². The lowest BCUT2D eigenvalue weighted by molar-refractivity contribution is 0.847. The van der Waals surface area contributed by atoms with Crippen LogP contribution in [0.1, 0.15) is 5.82 Å². The summed E-state index contributed by atoms with van der Waals surface area (Å²) in [6.07, 6.45) is 1.54. The number of hydrogen-bond donors (Lipinski definition) is 0. The van der Waals surface area contributed by atoms with Crippen molar-refractivity contribution < 1.29 is 0 Å². The van der Waals surface area contributed by atoms with Gasteiger partial charge >= 0.3 is 0 Å². The SMILES string of the molecule is Cc1ncnn1-c1c(Cl)ccc2ccccc12. The molecular weight excluding hydrogens is 234 g/mol. The first kappa shape index (κ1) is 10.3. The van der Waals surface area contributed by atoms with Gasteiger partial charge in [0, 0.05) is 5.39 Å². The third-order valence-corrected chi connectivity index (χ3v) is 3.09. The molecule has 0 amide bonds. The molecule has 0 bridgehead atoms. The van der Waals surface area contributed by atoms with Gasteiger partial charge in [-0.25, -0.2) is 9.67 Å². The standard InChI is InChI=1S/C13H10ClN3/c1-9-15-8-16-17(9)13-11-5-3-2-4-10(11)6-7-12(13)14/h2-8H,1H3. The van der Waals surface area contributed by atoms with Crippen molar-refractivity contribution in [1.29, 1.82) is 0 Å². The van der Waals surface area contributed by atoms with E-state index < -0.39 is 0 Å². The average Bonchev–Trinajstić information content (AvgIpc) is 2.75. The fourth-order valence-corrected chi connectivity index (χ4v) is 2.21. The van der Waals surface area contributed by atoms with Gasteiger partial charge in [0.05, 0.1) is 10.7 Å². The second kappa shape index (κ2) is 3.86. The van der Waals surface area contributed by atoms with E-state index in [0.717, 1.165) is 22.3 Å². The Labute approximate surface area is 104 Å². The van der Waals surface area contributed by atoms with E-state index in [1.807, 2.05) is 37.3 Å². The highest BCUT2D eigenvalue weighted by atomic mass is 35.5. The minimum atomic E-state index is 0.678. The molecule has 0 aliphatic heterocycles. The number of nitrogens with zero attached hydrogens (tertiary/aromatic N) is 3. The Bertz CT molecular complexity index is 688. The van der Waals surface area contributed by atoms with Gasteiger partial charge < -0.3 is 0 Å². The quantitative estimate of drug-likeness (QED) is 0.656. The highest BCUT2D eigenvalue weighted by molar-refractivity contribution is 6.33. The molecule has 0 unspecified atom stereocenters. The summed E-state index contributed by atoms with van der Waals surface area (Å²) in [6, 6.07) is 12.0. The Morgan fingerprint density at radius 1 is 1.12 bits per heavy atom. The summed E-state index contributed by atoms with van der Waals surface area (Å²) in [7, 11) is 0. The Morgan fingerprint density at radius 2 is 1.94 bits per heavy atom. The van der Waals surface area contributed by atoms with Crippen molar-refractivity contribution in [2.75, 3.05) is 0 Å². The van der Waals surface area contributed by atoms with Gasteiger partial charge in [-0.2, -0.15) is 5.10 Å². The molecule has 0 atom stereocenters. The zero-order chi connectivity index (χ0) is 11.8. The summed E-state index contributed by atoms with van der Waals surface area (Å²) in [5, 5.41) is 7.11. The summed E-state index contributed by atoms with van der Waals surface area (Å²) >= 11 is 6.28. The molecule has 0 radical (unpaired) electrons. The Kier molecular flexibility index (Phi) is 2.34. The number of fused-ring (bicyclic) bond motifs is 1.